The average molecular weight is 326 g/mol. The van der Waals surface area contributed by atoms with E-state index in [0.717, 1.165) is 17.7 Å². The lowest BCUT2D eigenvalue weighted by atomic mass is 9.99. The van der Waals surface area contributed by atoms with Crippen molar-refractivity contribution >= 4 is 46.1 Å². The molecule has 0 unspecified atom stereocenters. The molecule has 3 rings (SSSR count). The molecule has 2 aromatic rings. The summed E-state index contributed by atoms with van der Waals surface area (Å²) in [6, 6.07) is 7.06. The van der Waals surface area contributed by atoms with E-state index in [0.29, 0.717) is 15.7 Å². The Balaban J connectivity index is 1.80. The smallest absolute Gasteiger partial charge is 0.265 e. The quantitative estimate of drug-likeness (QED) is 0.809. The van der Waals surface area contributed by atoms with Gasteiger partial charge in [0.15, 0.2) is 0 Å². The van der Waals surface area contributed by atoms with Gasteiger partial charge in [0.25, 0.3) is 5.91 Å². The summed E-state index contributed by atoms with van der Waals surface area (Å²) in [5, 5.41) is 3.85. The molecular weight excluding hydrogens is 313 g/mol. The van der Waals surface area contributed by atoms with Crippen molar-refractivity contribution < 1.29 is 4.79 Å². The second-order valence-electron chi connectivity index (χ2n) is 4.84. The number of thiophene rings is 1. The highest BCUT2D eigenvalue weighted by Crippen LogP contribution is 2.31. The number of halogens is 2. The summed E-state index contributed by atoms with van der Waals surface area (Å²) in [4.78, 5) is 14.4. The first-order valence-corrected chi connectivity index (χ1v) is 8.09. The van der Waals surface area contributed by atoms with Crippen molar-refractivity contribution in [2.45, 2.75) is 25.7 Å². The third-order valence-corrected chi connectivity index (χ3v) is 5.18. The number of hydrogen-bond acceptors (Lipinski definition) is 2. The highest BCUT2D eigenvalue weighted by molar-refractivity contribution is 7.14. The van der Waals surface area contributed by atoms with Crippen LogP contribution in [-0.2, 0) is 12.8 Å². The minimum atomic E-state index is -0.103. The Morgan fingerprint density at radius 3 is 2.70 bits per heavy atom. The van der Waals surface area contributed by atoms with E-state index in [4.69, 9.17) is 23.2 Å². The molecule has 1 amide bonds. The largest absolute Gasteiger partial charge is 0.320 e. The van der Waals surface area contributed by atoms with Crippen LogP contribution >= 0.6 is 34.5 Å². The van der Waals surface area contributed by atoms with Crippen LogP contribution in [0.5, 0.6) is 0 Å². The lowest BCUT2D eigenvalue weighted by Gasteiger charge is -2.08. The van der Waals surface area contributed by atoms with Gasteiger partial charge in [-0.05, 0) is 55.5 Å². The van der Waals surface area contributed by atoms with Crippen molar-refractivity contribution in [1.82, 2.24) is 0 Å². The highest BCUT2D eigenvalue weighted by Gasteiger charge is 2.17. The fourth-order valence-electron chi connectivity index (χ4n) is 2.38. The van der Waals surface area contributed by atoms with Crippen LogP contribution in [0.2, 0.25) is 10.0 Å². The first-order chi connectivity index (χ1) is 9.63. The molecule has 0 saturated heterocycles. The van der Waals surface area contributed by atoms with Crippen molar-refractivity contribution in [3.63, 3.8) is 0 Å². The van der Waals surface area contributed by atoms with E-state index in [-0.39, 0.29) is 5.91 Å². The number of hydrogen-bond donors (Lipinski definition) is 1. The van der Waals surface area contributed by atoms with Crippen molar-refractivity contribution in [3.05, 3.63) is 49.6 Å². The van der Waals surface area contributed by atoms with Gasteiger partial charge in [-0.2, -0.15) is 0 Å². The first-order valence-electron chi connectivity index (χ1n) is 6.51. The van der Waals surface area contributed by atoms with E-state index < -0.39 is 0 Å². The zero-order chi connectivity index (χ0) is 14.1. The number of nitrogens with one attached hydrogen (secondary N) is 1. The molecule has 1 heterocycles. The maximum Gasteiger partial charge on any atom is 0.265 e. The molecule has 20 heavy (non-hydrogen) atoms. The van der Waals surface area contributed by atoms with E-state index >= 15 is 0 Å². The van der Waals surface area contributed by atoms with E-state index in [2.05, 4.69) is 5.32 Å². The van der Waals surface area contributed by atoms with Crippen LogP contribution in [0.25, 0.3) is 0 Å². The van der Waals surface area contributed by atoms with Crippen LogP contribution < -0.4 is 5.32 Å². The fourth-order valence-corrected chi connectivity index (χ4v) is 3.98. The number of aryl methyl sites for hydroxylation is 2. The predicted octanol–water partition coefficient (Wildman–Crippen LogP) is 5.19. The maximum atomic E-state index is 12.3. The predicted molar refractivity (Wildman–Crippen MR) is 85.4 cm³/mol. The Kier molecular flexibility index (Phi) is 4.01. The monoisotopic (exact) mass is 325 g/mol. The summed E-state index contributed by atoms with van der Waals surface area (Å²) >= 11 is 13.5. The Hall–Kier alpha value is -1.03. The molecule has 0 saturated carbocycles. The van der Waals surface area contributed by atoms with Gasteiger partial charge in [-0.25, -0.2) is 0 Å². The molecule has 2 nitrogen and oxygen atoms in total. The lowest BCUT2D eigenvalue weighted by Crippen LogP contribution is -2.10. The summed E-state index contributed by atoms with van der Waals surface area (Å²) in [7, 11) is 0. The molecule has 0 spiro atoms. The third kappa shape index (κ3) is 2.85. The van der Waals surface area contributed by atoms with E-state index in [9.17, 15) is 4.79 Å². The van der Waals surface area contributed by atoms with Crippen LogP contribution in [-0.4, -0.2) is 5.91 Å². The van der Waals surface area contributed by atoms with Crippen molar-refractivity contribution in [1.29, 1.82) is 0 Å². The summed E-state index contributed by atoms with van der Waals surface area (Å²) in [6.07, 6.45) is 4.61. The Morgan fingerprint density at radius 1 is 1.15 bits per heavy atom. The fraction of sp³-hybridized carbons (Fsp3) is 0.267. The SMILES string of the molecule is O=C(Nc1ccc(Cl)cc1Cl)c1cc2c(s1)CCCC2. The number of carbonyl (C=O) groups is 1. The number of rotatable bonds is 2. The van der Waals surface area contributed by atoms with E-state index in [1.54, 1.807) is 29.5 Å². The molecule has 1 aromatic carbocycles. The molecule has 104 valence electrons. The van der Waals surface area contributed by atoms with Gasteiger partial charge in [-0.3, -0.25) is 4.79 Å². The summed E-state index contributed by atoms with van der Waals surface area (Å²) in [5.74, 6) is -0.103. The highest BCUT2D eigenvalue weighted by atomic mass is 35.5. The van der Waals surface area contributed by atoms with Gasteiger partial charge in [-0.1, -0.05) is 23.2 Å². The minimum absolute atomic E-state index is 0.103. The Bertz CT molecular complexity index is 642. The van der Waals surface area contributed by atoms with E-state index in [1.807, 2.05) is 6.07 Å². The topological polar surface area (TPSA) is 29.1 Å². The van der Waals surface area contributed by atoms with Crippen molar-refractivity contribution in [2.24, 2.45) is 0 Å². The van der Waals surface area contributed by atoms with Gasteiger partial charge in [0.2, 0.25) is 0 Å². The molecule has 1 N–H and O–H groups in total. The maximum absolute atomic E-state index is 12.3. The second kappa shape index (κ2) is 5.76. The van der Waals surface area contributed by atoms with Crippen LogP contribution in [0.3, 0.4) is 0 Å². The molecule has 0 aliphatic heterocycles. The van der Waals surface area contributed by atoms with Gasteiger partial charge < -0.3 is 5.32 Å². The molecule has 1 aliphatic carbocycles. The third-order valence-electron chi connectivity index (χ3n) is 3.40. The average Bonchev–Trinajstić information content (AvgIpc) is 2.86. The van der Waals surface area contributed by atoms with Gasteiger partial charge in [0.1, 0.15) is 0 Å². The molecular formula is C15H13Cl2NOS. The normalized spacial score (nSPS) is 13.9. The number of fused-ring (bicyclic) bond motifs is 1. The number of amides is 1. The van der Waals surface area contributed by atoms with Gasteiger partial charge in [-0.15, -0.1) is 11.3 Å². The molecule has 5 heteroatoms. The van der Waals surface area contributed by atoms with Crippen LogP contribution in [0, 0.1) is 0 Å². The standard InChI is InChI=1S/C15H13Cl2NOS/c16-10-5-6-12(11(17)8-10)18-15(19)14-7-9-3-1-2-4-13(9)20-14/h5-8H,1-4H2,(H,18,19). The van der Waals surface area contributed by atoms with Gasteiger partial charge in [0, 0.05) is 9.90 Å². The Morgan fingerprint density at radius 2 is 1.95 bits per heavy atom. The van der Waals surface area contributed by atoms with Gasteiger partial charge >= 0.3 is 0 Å². The second-order valence-corrected chi connectivity index (χ2v) is 6.82. The number of carbonyl (C=O) groups excluding carboxylic acids is 1. The number of anilines is 1. The zero-order valence-electron chi connectivity index (χ0n) is 10.7. The van der Waals surface area contributed by atoms with Gasteiger partial charge in [0.05, 0.1) is 15.6 Å². The van der Waals surface area contributed by atoms with Crippen molar-refractivity contribution in [3.8, 4) is 0 Å². The summed E-state index contributed by atoms with van der Waals surface area (Å²) in [6.45, 7) is 0. The van der Waals surface area contributed by atoms with Crippen LogP contribution in [0.15, 0.2) is 24.3 Å². The molecule has 0 atom stereocenters. The first kappa shape index (κ1) is 13.9. The minimum Gasteiger partial charge on any atom is -0.320 e. The molecule has 1 aliphatic rings. The van der Waals surface area contributed by atoms with Crippen LogP contribution in [0.4, 0.5) is 5.69 Å². The molecule has 0 fully saturated rings. The number of benzene rings is 1. The lowest BCUT2D eigenvalue weighted by molar-refractivity contribution is 0.103. The van der Waals surface area contributed by atoms with Crippen molar-refractivity contribution in [2.75, 3.05) is 5.32 Å². The summed E-state index contributed by atoms with van der Waals surface area (Å²) < 4.78 is 0. The summed E-state index contributed by atoms with van der Waals surface area (Å²) in [5.41, 5.74) is 1.92. The molecule has 0 radical (unpaired) electrons. The van der Waals surface area contributed by atoms with E-state index in [1.165, 1.54) is 23.3 Å². The Labute approximate surface area is 131 Å². The molecule has 1 aromatic heterocycles. The zero-order valence-corrected chi connectivity index (χ0v) is 13.0. The van der Waals surface area contributed by atoms with Crippen LogP contribution in [0.1, 0.15) is 33.0 Å². The molecule has 0 bridgehead atoms.